The number of ether oxygens (including phenoxy) is 1. The summed E-state index contributed by atoms with van der Waals surface area (Å²) in [6.45, 7) is 1.60. The molecule has 1 N–H and O–H groups in total. The topological polar surface area (TPSA) is 118 Å². The third kappa shape index (κ3) is 6.22. The van der Waals surface area contributed by atoms with Crippen molar-refractivity contribution in [3.8, 4) is 11.3 Å². The number of carbonyl (C=O) groups is 2. The van der Waals surface area contributed by atoms with Crippen LogP contribution >= 0.6 is 0 Å². The minimum atomic E-state index is -3.75. The molecule has 4 rings (SSSR count). The Hall–Kier alpha value is -4.44. The number of nitrogens with one attached hydrogen (secondary N) is 1. The van der Waals surface area contributed by atoms with Gasteiger partial charge in [0.2, 0.25) is 10.0 Å². The lowest BCUT2D eigenvalue weighted by Gasteiger charge is -2.23. The number of amides is 1. The predicted molar refractivity (Wildman–Crippen MR) is 142 cm³/mol. The van der Waals surface area contributed by atoms with Crippen LogP contribution in [0.3, 0.4) is 0 Å². The lowest BCUT2D eigenvalue weighted by molar-refractivity contribution is -0.119. The van der Waals surface area contributed by atoms with E-state index in [2.05, 4.69) is 10.5 Å². The second kappa shape index (κ2) is 11.1. The number of rotatable bonds is 9. The molecule has 0 bridgehead atoms. The van der Waals surface area contributed by atoms with Crippen LogP contribution in [0.1, 0.15) is 23.0 Å². The van der Waals surface area contributed by atoms with Crippen LogP contribution in [0.15, 0.2) is 88.4 Å². The number of furan rings is 1. The summed E-state index contributed by atoms with van der Waals surface area (Å²) in [5, 5.41) is 5.47. The van der Waals surface area contributed by atoms with Crippen molar-refractivity contribution < 1.29 is 27.2 Å². The first-order valence-corrected chi connectivity index (χ1v) is 13.3. The van der Waals surface area contributed by atoms with Gasteiger partial charge in [0.1, 0.15) is 18.1 Å². The van der Waals surface area contributed by atoms with Gasteiger partial charge in [-0.2, -0.15) is 5.10 Å². The standard InChI is InChI=1S/C27H25N3O6S/c1-3-35-27(32)21-13-11-20(12-14-21)25-16-15-22(36-25)17-28-29-26(31)18-30(37(2,33)34)24-10-6-8-19-7-4-5-9-23(19)24/h4-17H,3,18H2,1-2H3,(H,29,31)/b28-17-. The molecule has 9 nitrogen and oxygen atoms in total. The normalized spacial score (nSPS) is 11.5. The summed E-state index contributed by atoms with van der Waals surface area (Å²) in [5.74, 6) is -0.0934. The molecule has 0 unspecified atom stereocenters. The lowest BCUT2D eigenvalue weighted by Crippen LogP contribution is -2.39. The van der Waals surface area contributed by atoms with E-state index in [1.165, 1.54) is 6.21 Å². The van der Waals surface area contributed by atoms with Crippen LogP contribution in [0.2, 0.25) is 0 Å². The first kappa shape index (κ1) is 25.6. The highest BCUT2D eigenvalue weighted by atomic mass is 32.2. The smallest absolute Gasteiger partial charge is 0.338 e. The summed E-state index contributed by atoms with van der Waals surface area (Å²) >= 11 is 0. The van der Waals surface area contributed by atoms with E-state index in [0.29, 0.717) is 34.8 Å². The zero-order chi connectivity index (χ0) is 26.4. The van der Waals surface area contributed by atoms with Crippen LogP contribution in [-0.4, -0.2) is 45.9 Å². The molecule has 3 aromatic carbocycles. The molecule has 0 spiro atoms. The van der Waals surface area contributed by atoms with Crippen LogP contribution < -0.4 is 9.73 Å². The molecule has 10 heteroatoms. The maximum atomic E-state index is 12.6. The number of hydrogen-bond donors (Lipinski definition) is 1. The maximum absolute atomic E-state index is 12.6. The first-order valence-electron chi connectivity index (χ1n) is 11.4. The Morgan fingerprint density at radius 3 is 2.46 bits per heavy atom. The van der Waals surface area contributed by atoms with Gasteiger partial charge in [0.25, 0.3) is 5.91 Å². The Bertz CT molecular complexity index is 1550. The molecule has 1 aromatic heterocycles. The van der Waals surface area contributed by atoms with Crippen molar-refractivity contribution in [1.29, 1.82) is 0 Å². The molecule has 0 aliphatic heterocycles. The quantitative estimate of drug-likeness (QED) is 0.201. The van der Waals surface area contributed by atoms with E-state index in [0.717, 1.165) is 21.5 Å². The zero-order valence-electron chi connectivity index (χ0n) is 20.2. The van der Waals surface area contributed by atoms with E-state index in [4.69, 9.17) is 9.15 Å². The van der Waals surface area contributed by atoms with E-state index in [9.17, 15) is 18.0 Å². The number of anilines is 1. The van der Waals surface area contributed by atoms with Crippen molar-refractivity contribution in [2.45, 2.75) is 6.92 Å². The van der Waals surface area contributed by atoms with Gasteiger partial charge in [-0.15, -0.1) is 0 Å². The third-order valence-electron chi connectivity index (χ3n) is 5.41. The molecule has 4 aromatic rings. The molecule has 37 heavy (non-hydrogen) atoms. The van der Waals surface area contributed by atoms with E-state index >= 15 is 0 Å². The molecule has 190 valence electrons. The van der Waals surface area contributed by atoms with E-state index in [-0.39, 0.29) is 0 Å². The number of benzene rings is 3. The molecular weight excluding hydrogens is 494 g/mol. The summed E-state index contributed by atoms with van der Waals surface area (Å²) in [5.41, 5.74) is 3.94. The molecular formula is C27H25N3O6S. The summed E-state index contributed by atoms with van der Waals surface area (Å²) < 4.78 is 36.8. The van der Waals surface area contributed by atoms with E-state index in [1.54, 1.807) is 61.5 Å². The first-order chi connectivity index (χ1) is 17.8. The van der Waals surface area contributed by atoms with Gasteiger partial charge in [-0.25, -0.2) is 18.6 Å². The van der Waals surface area contributed by atoms with Gasteiger partial charge in [-0.05, 0) is 42.6 Å². The Balaban J connectivity index is 1.42. The molecule has 1 heterocycles. The molecule has 0 saturated heterocycles. The number of esters is 1. The number of hydrogen-bond acceptors (Lipinski definition) is 7. The highest BCUT2D eigenvalue weighted by Gasteiger charge is 2.22. The van der Waals surface area contributed by atoms with Crippen molar-refractivity contribution in [3.05, 3.63) is 90.2 Å². The number of fused-ring (bicyclic) bond motifs is 1. The SMILES string of the molecule is CCOC(=O)c1ccc(-c2ccc(/C=N\NC(=O)CN(c3cccc4ccccc34)S(C)(=O)=O)o2)cc1. The van der Waals surface area contributed by atoms with Crippen molar-refractivity contribution in [2.24, 2.45) is 5.10 Å². The van der Waals surface area contributed by atoms with Gasteiger partial charge in [-0.1, -0.05) is 48.5 Å². The second-order valence-corrected chi connectivity index (χ2v) is 9.97. The van der Waals surface area contributed by atoms with E-state index < -0.39 is 28.4 Å². The summed E-state index contributed by atoms with van der Waals surface area (Å²) in [6, 6.07) is 22.8. The summed E-state index contributed by atoms with van der Waals surface area (Å²) in [6.07, 6.45) is 2.37. The molecule has 0 aliphatic rings. The fourth-order valence-electron chi connectivity index (χ4n) is 3.70. The summed E-state index contributed by atoms with van der Waals surface area (Å²) in [7, 11) is -3.75. The number of hydrazone groups is 1. The van der Waals surface area contributed by atoms with Gasteiger partial charge in [0.05, 0.1) is 30.3 Å². The lowest BCUT2D eigenvalue weighted by atomic mass is 10.1. The minimum absolute atomic E-state index is 0.299. The van der Waals surface area contributed by atoms with Crippen molar-refractivity contribution in [3.63, 3.8) is 0 Å². The van der Waals surface area contributed by atoms with Crippen LogP contribution in [0.25, 0.3) is 22.1 Å². The van der Waals surface area contributed by atoms with Crippen LogP contribution in [0, 0.1) is 0 Å². The Labute approximate surface area is 214 Å². The molecule has 0 radical (unpaired) electrons. The Morgan fingerprint density at radius 1 is 1.00 bits per heavy atom. The number of sulfonamides is 1. The maximum Gasteiger partial charge on any atom is 0.338 e. The van der Waals surface area contributed by atoms with Gasteiger partial charge >= 0.3 is 5.97 Å². The van der Waals surface area contributed by atoms with Crippen molar-refractivity contribution in [1.82, 2.24) is 5.43 Å². The fourth-order valence-corrected chi connectivity index (χ4v) is 4.57. The predicted octanol–water partition coefficient (Wildman–Crippen LogP) is 4.19. The molecule has 1 amide bonds. The van der Waals surface area contributed by atoms with Gasteiger partial charge in [0, 0.05) is 10.9 Å². The van der Waals surface area contributed by atoms with Gasteiger partial charge in [-0.3, -0.25) is 9.10 Å². The van der Waals surface area contributed by atoms with Crippen LogP contribution in [0.5, 0.6) is 0 Å². The second-order valence-electron chi connectivity index (χ2n) is 8.06. The van der Waals surface area contributed by atoms with Crippen LogP contribution in [0.4, 0.5) is 5.69 Å². The van der Waals surface area contributed by atoms with Gasteiger partial charge < -0.3 is 9.15 Å². The van der Waals surface area contributed by atoms with Crippen LogP contribution in [-0.2, 0) is 19.6 Å². The van der Waals surface area contributed by atoms with Crippen molar-refractivity contribution in [2.75, 3.05) is 23.7 Å². The molecule has 0 atom stereocenters. The van der Waals surface area contributed by atoms with Crippen molar-refractivity contribution >= 4 is 44.6 Å². The Kier molecular flexibility index (Phi) is 7.69. The highest BCUT2D eigenvalue weighted by molar-refractivity contribution is 7.92. The third-order valence-corrected chi connectivity index (χ3v) is 6.54. The highest BCUT2D eigenvalue weighted by Crippen LogP contribution is 2.28. The fraction of sp³-hybridized carbons (Fsp3) is 0.148. The average molecular weight is 520 g/mol. The monoisotopic (exact) mass is 519 g/mol. The Morgan fingerprint density at radius 2 is 1.73 bits per heavy atom. The number of carbonyl (C=O) groups excluding carboxylic acids is 2. The largest absolute Gasteiger partial charge is 0.462 e. The molecule has 0 saturated carbocycles. The number of nitrogens with zero attached hydrogens (tertiary/aromatic N) is 2. The minimum Gasteiger partial charge on any atom is -0.462 e. The molecule has 0 fully saturated rings. The van der Waals surface area contributed by atoms with E-state index in [1.807, 2.05) is 24.3 Å². The average Bonchev–Trinajstić information content (AvgIpc) is 3.35. The zero-order valence-corrected chi connectivity index (χ0v) is 21.1. The summed E-state index contributed by atoms with van der Waals surface area (Å²) in [4.78, 5) is 24.4. The van der Waals surface area contributed by atoms with Gasteiger partial charge in [0.15, 0.2) is 0 Å². The molecule has 0 aliphatic carbocycles.